The van der Waals surface area contributed by atoms with E-state index in [0.717, 1.165) is 0 Å². The average molecular weight is 307 g/mol. The smallest absolute Gasteiger partial charge is 0.390 e. The Kier molecular flexibility index (Phi) is 5.98. The summed E-state index contributed by atoms with van der Waals surface area (Å²) in [6.45, 7) is 5.82. The lowest BCUT2D eigenvalue weighted by atomic mass is 10.4. The van der Waals surface area contributed by atoms with Gasteiger partial charge in [0.2, 0.25) is 11.9 Å². The molecule has 0 bridgehead atoms. The van der Waals surface area contributed by atoms with Gasteiger partial charge in [-0.25, -0.2) is 0 Å². The maximum atomic E-state index is 12.3. The van der Waals surface area contributed by atoms with Crippen LogP contribution in [0.15, 0.2) is 0 Å². The first kappa shape index (κ1) is 17.3. The second-order valence-corrected chi connectivity index (χ2v) is 4.73. The molecule has 1 aromatic rings. The number of alkyl halides is 3. The zero-order valence-electron chi connectivity index (χ0n) is 12.5. The maximum Gasteiger partial charge on any atom is 0.390 e. The van der Waals surface area contributed by atoms with Gasteiger partial charge < -0.3 is 15.0 Å². The second kappa shape index (κ2) is 7.28. The molecule has 0 fully saturated rings. The molecule has 0 saturated carbocycles. The summed E-state index contributed by atoms with van der Waals surface area (Å²) in [5.74, 6) is 0.415. The number of ether oxygens (including phenoxy) is 1. The fourth-order valence-corrected chi connectivity index (χ4v) is 1.41. The molecule has 1 heterocycles. The third kappa shape index (κ3) is 6.46. The summed E-state index contributed by atoms with van der Waals surface area (Å²) in [7, 11) is 1.50. The fraction of sp³-hybridized carbons (Fsp3) is 0.750. The molecule has 0 aliphatic rings. The summed E-state index contributed by atoms with van der Waals surface area (Å²) in [5, 5.41) is 2.90. The first-order valence-electron chi connectivity index (χ1n) is 6.65. The normalized spacial score (nSPS) is 11.6. The highest BCUT2D eigenvalue weighted by Crippen LogP contribution is 2.21. The summed E-state index contributed by atoms with van der Waals surface area (Å²) in [6, 6.07) is 0.0878. The van der Waals surface area contributed by atoms with Crippen molar-refractivity contribution in [2.24, 2.45) is 0 Å². The Labute approximate surface area is 121 Å². The lowest BCUT2D eigenvalue weighted by Crippen LogP contribution is -2.26. The van der Waals surface area contributed by atoms with Crippen LogP contribution in [0.5, 0.6) is 6.01 Å². The quantitative estimate of drug-likeness (QED) is 0.835. The van der Waals surface area contributed by atoms with E-state index in [0.29, 0.717) is 6.54 Å². The predicted octanol–water partition coefficient (Wildman–Crippen LogP) is 2.48. The van der Waals surface area contributed by atoms with E-state index < -0.39 is 12.6 Å². The average Bonchev–Trinajstić information content (AvgIpc) is 2.34. The molecule has 120 valence electrons. The molecule has 0 saturated heterocycles. The number of nitrogens with zero attached hydrogens (tertiary/aromatic N) is 4. The van der Waals surface area contributed by atoms with Crippen LogP contribution in [0.3, 0.4) is 0 Å². The van der Waals surface area contributed by atoms with Gasteiger partial charge in [-0.3, -0.25) is 0 Å². The first-order valence-corrected chi connectivity index (χ1v) is 6.65. The van der Waals surface area contributed by atoms with Gasteiger partial charge in [0.25, 0.3) is 0 Å². The van der Waals surface area contributed by atoms with Gasteiger partial charge in [0.1, 0.15) is 0 Å². The maximum absolute atomic E-state index is 12.3. The third-order valence-electron chi connectivity index (χ3n) is 2.35. The largest absolute Gasteiger partial charge is 0.461 e. The Morgan fingerprint density at radius 2 is 1.90 bits per heavy atom. The third-order valence-corrected chi connectivity index (χ3v) is 2.35. The highest BCUT2D eigenvalue weighted by Gasteiger charge is 2.27. The number of rotatable bonds is 7. The van der Waals surface area contributed by atoms with Crippen LogP contribution >= 0.6 is 0 Å². The second-order valence-electron chi connectivity index (χ2n) is 4.73. The van der Waals surface area contributed by atoms with E-state index >= 15 is 0 Å². The van der Waals surface area contributed by atoms with Crippen LogP contribution in [0.25, 0.3) is 0 Å². The fourth-order valence-electron chi connectivity index (χ4n) is 1.41. The number of hydrogen-bond donors (Lipinski definition) is 1. The lowest BCUT2D eigenvalue weighted by Gasteiger charge is -2.19. The van der Waals surface area contributed by atoms with Crippen molar-refractivity contribution in [2.75, 3.05) is 30.4 Å². The number of nitrogens with one attached hydrogen (secondary N) is 1. The standard InChI is InChI=1S/C12H20F3N5O/c1-5-16-9-17-10(19-11(18-9)21-8(2)3)20(4)7-6-12(13,14)15/h8H,5-7H2,1-4H3,(H,16,17,18,19). The van der Waals surface area contributed by atoms with E-state index in [2.05, 4.69) is 20.3 Å². The van der Waals surface area contributed by atoms with E-state index in [1.807, 2.05) is 20.8 Å². The van der Waals surface area contributed by atoms with Crippen molar-refractivity contribution in [3.63, 3.8) is 0 Å². The Hall–Kier alpha value is -1.80. The topological polar surface area (TPSA) is 63.2 Å². The van der Waals surface area contributed by atoms with Gasteiger partial charge in [0.15, 0.2) is 0 Å². The van der Waals surface area contributed by atoms with Crippen molar-refractivity contribution in [3.05, 3.63) is 0 Å². The van der Waals surface area contributed by atoms with Crippen molar-refractivity contribution in [1.82, 2.24) is 15.0 Å². The van der Waals surface area contributed by atoms with Gasteiger partial charge >= 0.3 is 12.2 Å². The van der Waals surface area contributed by atoms with Crippen LogP contribution in [-0.2, 0) is 0 Å². The summed E-state index contributed by atoms with van der Waals surface area (Å²) in [6.07, 6.45) is -5.30. The van der Waals surface area contributed by atoms with Crippen LogP contribution < -0.4 is 15.0 Å². The Morgan fingerprint density at radius 3 is 2.43 bits per heavy atom. The van der Waals surface area contributed by atoms with E-state index in [-0.39, 0.29) is 30.6 Å². The highest BCUT2D eigenvalue weighted by atomic mass is 19.4. The van der Waals surface area contributed by atoms with Gasteiger partial charge in [-0.05, 0) is 20.8 Å². The molecule has 0 radical (unpaired) electrons. The van der Waals surface area contributed by atoms with E-state index in [9.17, 15) is 13.2 Å². The minimum Gasteiger partial charge on any atom is -0.461 e. The van der Waals surface area contributed by atoms with E-state index in [1.54, 1.807) is 0 Å². The number of halogens is 3. The van der Waals surface area contributed by atoms with Gasteiger partial charge in [-0.1, -0.05) is 0 Å². The minimum absolute atomic E-state index is 0.0878. The Morgan fingerprint density at radius 1 is 1.24 bits per heavy atom. The molecule has 0 amide bonds. The first-order chi connectivity index (χ1) is 9.71. The molecule has 0 aliphatic heterocycles. The number of hydrogen-bond acceptors (Lipinski definition) is 6. The summed E-state index contributed by atoms with van der Waals surface area (Å²) in [4.78, 5) is 13.5. The van der Waals surface area contributed by atoms with Gasteiger partial charge in [0, 0.05) is 20.1 Å². The molecule has 1 rings (SSSR count). The highest BCUT2D eigenvalue weighted by molar-refractivity contribution is 5.37. The summed E-state index contributed by atoms with van der Waals surface area (Å²) < 4.78 is 42.2. The molecule has 21 heavy (non-hydrogen) atoms. The molecule has 9 heteroatoms. The van der Waals surface area contributed by atoms with Crippen molar-refractivity contribution in [3.8, 4) is 6.01 Å². The number of anilines is 2. The molecule has 0 unspecified atom stereocenters. The molecule has 0 aliphatic carbocycles. The van der Waals surface area contributed by atoms with Crippen molar-refractivity contribution in [2.45, 2.75) is 39.5 Å². The number of aromatic nitrogens is 3. The Balaban J connectivity index is 2.90. The van der Waals surface area contributed by atoms with Crippen molar-refractivity contribution >= 4 is 11.9 Å². The van der Waals surface area contributed by atoms with Gasteiger partial charge in [-0.2, -0.15) is 28.1 Å². The molecular formula is C12H20F3N5O. The molecule has 1 N–H and O–H groups in total. The van der Waals surface area contributed by atoms with Crippen molar-refractivity contribution < 1.29 is 17.9 Å². The lowest BCUT2D eigenvalue weighted by molar-refractivity contribution is -0.132. The molecular weight excluding hydrogens is 287 g/mol. The van der Waals surface area contributed by atoms with Crippen LogP contribution in [0.4, 0.5) is 25.1 Å². The summed E-state index contributed by atoms with van der Waals surface area (Å²) >= 11 is 0. The predicted molar refractivity (Wildman–Crippen MR) is 73.7 cm³/mol. The van der Waals surface area contributed by atoms with Crippen LogP contribution in [0.2, 0.25) is 0 Å². The van der Waals surface area contributed by atoms with Crippen molar-refractivity contribution in [1.29, 1.82) is 0 Å². The van der Waals surface area contributed by atoms with E-state index in [1.165, 1.54) is 11.9 Å². The Bertz CT molecular complexity index is 453. The van der Waals surface area contributed by atoms with E-state index in [4.69, 9.17) is 4.74 Å². The van der Waals surface area contributed by atoms with Crippen LogP contribution in [0.1, 0.15) is 27.2 Å². The van der Waals surface area contributed by atoms with Gasteiger partial charge in [0.05, 0.1) is 12.5 Å². The zero-order chi connectivity index (χ0) is 16.0. The molecule has 0 atom stereocenters. The SMILES string of the molecule is CCNc1nc(OC(C)C)nc(N(C)CCC(F)(F)F)n1. The van der Waals surface area contributed by atoms with Crippen LogP contribution in [0, 0.1) is 0 Å². The van der Waals surface area contributed by atoms with Crippen LogP contribution in [-0.4, -0.2) is 47.4 Å². The molecule has 1 aromatic heterocycles. The van der Waals surface area contributed by atoms with Gasteiger partial charge in [-0.15, -0.1) is 0 Å². The summed E-state index contributed by atoms with van der Waals surface area (Å²) in [5.41, 5.74) is 0. The zero-order valence-corrected chi connectivity index (χ0v) is 12.5. The minimum atomic E-state index is -4.22. The monoisotopic (exact) mass is 307 g/mol. The molecule has 0 aromatic carbocycles. The molecule has 0 spiro atoms. The molecule has 6 nitrogen and oxygen atoms in total.